The SMILES string of the molecule is CCN(CC)c1ccc(N=Nc2ccc(NCCC(C)=O)cc2)cc1. The summed E-state index contributed by atoms with van der Waals surface area (Å²) in [5, 5.41) is 11.8. The normalized spacial score (nSPS) is 10.8. The van der Waals surface area contributed by atoms with E-state index in [-0.39, 0.29) is 5.78 Å². The second-order valence-electron chi connectivity index (χ2n) is 5.81. The quantitative estimate of drug-likeness (QED) is 0.628. The van der Waals surface area contributed by atoms with Crippen molar-refractivity contribution in [3.8, 4) is 0 Å². The Labute approximate surface area is 149 Å². The molecule has 0 amide bonds. The van der Waals surface area contributed by atoms with Crippen LogP contribution in [0.2, 0.25) is 0 Å². The molecule has 5 heteroatoms. The second-order valence-corrected chi connectivity index (χ2v) is 5.81. The minimum Gasteiger partial charge on any atom is -0.385 e. The predicted molar refractivity (Wildman–Crippen MR) is 104 cm³/mol. The van der Waals surface area contributed by atoms with E-state index in [2.05, 4.69) is 46.4 Å². The molecular weight excluding hydrogens is 312 g/mol. The van der Waals surface area contributed by atoms with E-state index in [1.54, 1.807) is 6.92 Å². The third-order valence-corrected chi connectivity index (χ3v) is 3.93. The molecule has 0 aliphatic heterocycles. The maximum absolute atomic E-state index is 10.9. The topological polar surface area (TPSA) is 57.1 Å². The standard InChI is InChI=1S/C20H26N4O/c1-4-24(5-2)20-12-10-19(11-13-20)23-22-18-8-6-17(7-9-18)21-15-14-16(3)25/h6-13,21H,4-5,14-15H2,1-3H3. The van der Waals surface area contributed by atoms with Crippen molar-refractivity contribution in [1.29, 1.82) is 0 Å². The van der Waals surface area contributed by atoms with Gasteiger partial charge in [0.05, 0.1) is 11.4 Å². The van der Waals surface area contributed by atoms with Gasteiger partial charge in [0.15, 0.2) is 0 Å². The lowest BCUT2D eigenvalue weighted by atomic mass is 10.2. The lowest BCUT2D eigenvalue weighted by Crippen LogP contribution is -2.21. The minimum atomic E-state index is 0.185. The van der Waals surface area contributed by atoms with Gasteiger partial charge in [-0.3, -0.25) is 4.79 Å². The highest BCUT2D eigenvalue weighted by Gasteiger charge is 2.01. The van der Waals surface area contributed by atoms with Crippen molar-refractivity contribution >= 4 is 28.5 Å². The zero-order valence-electron chi connectivity index (χ0n) is 15.2. The van der Waals surface area contributed by atoms with Crippen LogP contribution < -0.4 is 10.2 Å². The number of rotatable bonds is 9. The molecule has 2 aromatic carbocycles. The first-order valence-corrected chi connectivity index (χ1v) is 8.72. The monoisotopic (exact) mass is 338 g/mol. The predicted octanol–water partition coefficient (Wildman–Crippen LogP) is 5.34. The number of hydrogen-bond acceptors (Lipinski definition) is 5. The van der Waals surface area contributed by atoms with E-state index in [1.165, 1.54) is 5.69 Å². The average molecular weight is 338 g/mol. The maximum atomic E-state index is 10.9. The molecule has 0 aromatic heterocycles. The number of nitrogens with one attached hydrogen (secondary N) is 1. The number of Topliss-reactive ketones (excluding diaryl/α,β-unsaturated/α-hetero) is 1. The van der Waals surface area contributed by atoms with Crippen LogP contribution in [0.5, 0.6) is 0 Å². The third kappa shape index (κ3) is 6.03. The van der Waals surface area contributed by atoms with Crippen molar-refractivity contribution in [3.05, 3.63) is 48.5 Å². The minimum absolute atomic E-state index is 0.185. The lowest BCUT2D eigenvalue weighted by Gasteiger charge is -2.20. The molecule has 0 saturated carbocycles. The average Bonchev–Trinajstić information content (AvgIpc) is 2.63. The molecule has 0 heterocycles. The number of nitrogens with zero attached hydrogens (tertiary/aromatic N) is 3. The van der Waals surface area contributed by atoms with Crippen LogP contribution in [0.1, 0.15) is 27.2 Å². The molecule has 0 unspecified atom stereocenters. The number of anilines is 2. The van der Waals surface area contributed by atoms with Gasteiger partial charge in [0, 0.05) is 37.4 Å². The molecule has 0 saturated heterocycles. The van der Waals surface area contributed by atoms with Gasteiger partial charge >= 0.3 is 0 Å². The highest BCUT2D eigenvalue weighted by atomic mass is 16.1. The van der Waals surface area contributed by atoms with Crippen molar-refractivity contribution in [2.75, 3.05) is 29.9 Å². The first-order valence-electron chi connectivity index (χ1n) is 8.72. The second kappa shape index (κ2) is 9.57. The van der Waals surface area contributed by atoms with Crippen molar-refractivity contribution in [3.63, 3.8) is 0 Å². The summed E-state index contributed by atoms with van der Waals surface area (Å²) >= 11 is 0. The van der Waals surface area contributed by atoms with E-state index in [4.69, 9.17) is 0 Å². The maximum Gasteiger partial charge on any atom is 0.131 e. The summed E-state index contributed by atoms with van der Waals surface area (Å²) in [6, 6.07) is 15.8. The van der Waals surface area contributed by atoms with Gasteiger partial charge in [-0.1, -0.05) is 0 Å². The van der Waals surface area contributed by atoms with E-state index in [0.29, 0.717) is 13.0 Å². The van der Waals surface area contributed by atoms with Crippen LogP contribution in [0.25, 0.3) is 0 Å². The Kier molecular flexibility index (Phi) is 7.14. The lowest BCUT2D eigenvalue weighted by molar-refractivity contribution is -0.116. The third-order valence-electron chi connectivity index (χ3n) is 3.93. The molecule has 132 valence electrons. The van der Waals surface area contributed by atoms with Crippen LogP contribution in [-0.2, 0) is 4.79 Å². The molecule has 5 nitrogen and oxygen atoms in total. The summed E-state index contributed by atoms with van der Waals surface area (Å²) < 4.78 is 0. The van der Waals surface area contributed by atoms with Gasteiger partial charge in [-0.05, 0) is 69.3 Å². The molecule has 0 spiro atoms. The number of carbonyl (C=O) groups excluding carboxylic acids is 1. The van der Waals surface area contributed by atoms with Crippen LogP contribution in [0.3, 0.4) is 0 Å². The van der Waals surface area contributed by atoms with E-state index < -0.39 is 0 Å². The fourth-order valence-electron chi connectivity index (χ4n) is 2.46. The molecule has 0 aliphatic carbocycles. The van der Waals surface area contributed by atoms with Crippen molar-refractivity contribution in [1.82, 2.24) is 0 Å². The van der Waals surface area contributed by atoms with E-state index in [1.807, 2.05) is 36.4 Å². The van der Waals surface area contributed by atoms with Crippen LogP contribution in [0.15, 0.2) is 58.8 Å². The number of hydrogen-bond donors (Lipinski definition) is 1. The van der Waals surface area contributed by atoms with Crippen LogP contribution in [-0.4, -0.2) is 25.4 Å². The Hall–Kier alpha value is -2.69. The Balaban J connectivity index is 1.93. The molecule has 0 aliphatic rings. The summed E-state index contributed by atoms with van der Waals surface area (Å²) in [6.07, 6.45) is 0.533. The van der Waals surface area contributed by atoms with Gasteiger partial charge < -0.3 is 10.2 Å². The molecule has 0 radical (unpaired) electrons. The van der Waals surface area contributed by atoms with Gasteiger partial charge in [0.1, 0.15) is 5.78 Å². The van der Waals surface area contributed by atoms with E-state index >= 15 is 0 Å². The molecule has 2 rings (SSSR count). The first kappa shape index (κ1) is 18.6. The number of ketones is 1. The van der Waals surface area contributed by atoms with Crippen LogP contribution in [0.4, 0.5) is 22.7 Å². The zero-order chi connectivity index (χ0) is 18.1. The van der Waals surface area contributed by atoms with Crippen molar-refractivity contribution in [2.24, 2.45) is 10.2 Å². The first-order chi connectivity index (χ1) is 12.1. The Morgan fingerprint density at radius 2 is 1.44 bits per heavy atom. The van der Waals surface area contributed by atoms with Crippen LogP contribution >= 0.6 is 0 Å². The highest BCUT2D eigenvalue weighted by Crippen LogP contribution is 2.23. The summed E-state index contributed by atoms with van der Waals surface area (Å²) in [5.41, 5.74) is 3.80. The molecule has 0 fully saturated rings. The van der Waals surface area contributed by atoms with Crippen LogP contribution in [0, 0.1) is 0 Å². The number of azo groups is 1. The summed E-state index contributed by atoms with van der Waals surface area (Å²) in [4.78, 5) is 13.2. The summed E-state index contributed by atoms with van der Waals surface area (Å²) in [6.45, 7) is 8.52. The fourth-order valence-corrected chi connectivity index (χ4v) is 2.46. The molecule has 2 aromatic rings. The Morgan fingerprint density at radius 3 is 1.92 bits per heavy atom. The molecule has 0 atom stereocenters. The number of carbonyl (C=O) groups is 1. The van der Waals surface area contributed by atoms with E-state index in [0.717, 1.165) is 30.2 Å². The number of benzene rings is 2. The zero-order valence-corrected chi connectivity index (χ0v) is 15.2. The largest absolute Gasteiger partial charge is 0.385 e. The van der Waals surface area contributed by atoms with Gasteiger partial charge in [-0.2, -0.15) is 10.2 Å². The smallest absolute Gasteiger partial charge is 0.131 e. The highest BCUT2D eigenvalue weighted by molar-refractivity contribution is 5.76. The van der Waals surface area contributed by atoms with E-state index in [9.17, 15) is 4.79 Å². The van der Waals surface area contributed by atoms with Gasteiger partial charge in [-0.25, -0.2) is 0 Å². The fraction of sp³-hybridized carbons (Fsp3) is 0.350. The van der Waals surface area contributed by atoms with Gasteiger partial charge in [-0.15, -0.1) is 0 Å². The molecule has 0 bridgehead atoms. The van der Waals surface area contributed by atoms with Crippen molar-refractivity contribution in [2.45, 2.75) is 27.2 Å². The Bertz CT molecular complexity index is 689. The molecule has 1 N–H and O–H groups in total. The summed E-state index contributed by atoms with van der Waals surface area (Å²) in [7, 11) is 0. The Morgan fingerprint density at radius 1 is 0.920 bits per heavy atom. The molecule has 25 heavy (non-hydrogen) atoms. The van der Waals surface area contributed by atoms with Crippen molar-refractivity contribution < 1.29 is 4.79 Å². The van der Waals surface area contributed by atoms with Gasteiger partial charge in [0.25, 0.3) is 0 Å². The summed E-state index contributed by atoms with van der Waals surface area (Å²) in [5.74, 6) is 0.185. The molecular formula is C20H26N4O. The van der Waals surface area contributed by atoms with Gasteiger partial charge in [0.2, 0.25) is 0 Å².